The molecule has 0 radical (unpaired) electrons. The summed E-state index contributed by atoms with van der Waals surface area (Å²) in [6.45, 7) is 4.11. The van der Waals surface area contributed by atoms with E-state index in [0.29, 0.717) is 6.61 Å². The van der Waals surface area contributed by atoms with Crippen LogP contribution in [0.25, 0.3) is 0 Å². The Morgan fingerprint density at radius 2 is 2.33 bits per heavy atom. The van der Waals surface area contributed by atoms with Gasteiger partial charge in [-0.3, -0.25) is 4.79 Å². The van der Waals surface area contributed by atoms with E-state index in [4.69, 9.17) is 15.2 Å². The quantitative estimate of drug-likeness (QED) is 0.672. The van der Waals surface area contributed by atoms with Gasteiger partial charge >= 0.3 is 0 Å². The second-order valence-corrected chi connectivity index (χ2v) is 2.67. The highest BCUT2D eigenvalue weighted by atomic mass is 16.6. The molecule has 12 heavy (non-hydrogen) atoms. The fourth-order valence-corrected chi connectivity index (χ4v) is 0.950. The molecule has 0 aromatic heterocycles. The first-order valence-electron chi connectivity index (χ1n) is 4.00. The summed E-state index contributed by atoms with van der Waals surface area (Å²) >= 11 is 0. The van der Waals surface area contributed by atoms with E-state index in [2.05, 4.69) is 0 Å². The Balaban J connectivity index is 2.61. The molecule has 0 saturated heterocycles. The van der Waals surface area contributed by atoms with E-state index in [1.165, 1.54) is 0 Å². The Kier molecular flexibility index (Phi) is 2.58. The van der Waals surface area contributed by atoms with E-state index in [9.17, 15) is 4.79 Å². The zero-order valence-electron chi connectivity index (χ0n) is 7.29. The van der Waals surface area contributed by atoms with Gasteiger partial charge in [-0.05, 0) is 13.3 Å². The monoisotopic (exact) mass is 171 g/mol. The molecule has 1 atom stereocenters. The SMILES string of the molecule is CCCOC1=C(N)OC(C)C1=O. The van der Waals surface area contributed by atoms with Crippen LogP contribution < -0.4 is 5.73 Å². The topological polar surface area (TPSA) is 61.6 Å². The van der Waals surface area contributed by atoms with Gasteiger partial charge in [0.25, 0.3) is 0 Å². The maximum absolute atomic E-state index is 11.2. The minimum absolute atomic E-state index is 0.112. The van der Waals surface area contributed by atoms with Crippen LogP contribution in [0.5, 0.6) is 0 Å². The molecule has 4 heteroatoms. The highest BCUT2D eigenvalue weighted by molar-refractivity contribution is 5.98. The first-order valence-corrected chi connectivity index (χ1v) is 4.00. The van der Waals surface area contributed by atoms with Crippen LogP contribution in [0.2, 0.25) is 0 Å². The molecule has 0 aliphatic carbocycles. The maximum Gasteiger partial charge on any atom is 0.243 e. The second-order valence-electron chi connectivity index (χ2n) is 2.67. The second kappa shape index (κ2) is 3.47. The van der Waals surface area contributed by atoms with Crippen molar-refractivity contribution in [2.24, 2.45) is 5.73 Å². The minimum Gasteiger partial charge on any atom is -0.485 e. The van der Waals surface area contributed by atoms with Crippen molar-refractivity contribution in [3.63, 3.8) is 0 Å². The highest BCUT2D eigenvalue weighted by Crippen LogP contribution is 2.18. The van der Waals surface area contributed by atoms with Crippen molar-refractivity contribution in [1.29, 1.82) is 0 Å². The summed E-state index contributed by atoms with van der Waals surface area (Å²) in [6, 6.07) is 0. The number of hydrogen-bond acceptors (Lipinski definition) is 4. The number of hydrogen-bond donors (Lipinski definition) is 1. The molecule has 0 aromatic rings. The van der Waals surface area contributed by atoms with Gasteiger partial charge in [-0.15, -0.1) is 0 Å². The van der Waals surface area contributed by atoms with E-state index in [-0.39, 0.29) is 17.4 Å². The number of rotatable bonds is 3. The number of Topliss-reactive ketones (excluding diaryl/α,β-unsaturated/α-hetero) is 1. The standard InChI is InChI=1S/C8H13NO3/c1-3-4-11-7-6(10)5(2)12-8(7)9/h5H,3-4,9H2,1-2H3. The summed E-state index contributed by atoms with van der Waals surface area (Å²) in [7, 11) is 0. The van der Waals surface area contributed by atoms with Crippen molar-refractivity contribution in [1.82, 2.24) is 0 Å². The van der Waals surface area contributed by atoms with Crippen LogP contribution >= 0.6 is 0 Å². The average Bonchev–Trinajstić information content (AvgIpc) is 2.25. The summed E-state index contributed by atoms with van der Waals surface area (Å²) < 4.78 is 10.1. The summed E-state index contributed by atoms with van der Waals surface area (Å²) in [5.74, 6) is 0.131. The molecule has 2 N–H and O–H groups in total. The third kappa shape index (κ3) is 1.52. The van der Waals surface area contributed by atoms with Crippen LogP contribution in [0.3, 0.4) is 0 Å². The van der Waals surface area contributed by atoms with Crippen LogP contribution in [0, 0.1) is 0 Å². The normalized spacial score (nSPS) is 22.8. The Labute approximate surface area is 71.3 Å². The zero-order valence-corrected chi connectivity index (χ0v) is 7.29. The van der Waals surface area contributed by atoms with Gasteiger partial charge in [-0.25, -0.2) is 0 Å². The Morgan fingerprint density at radius 3 is 2.75 bits per heavy atom. The van der Waals surface area contributed by atoms with Crippen LogP contribution in [-0.2, 0) is 14.3 Å². The van der Waals surface area contributed by atoms with Crippen molar-refractivity contribution in [3.8, 4) is 0 Å². The summed E-state index contributed by atoms with van der Waals surface area (Å²) in [4.78, 5) is 11.2. The van der Waals surface area contributed by atoms with Crippen molar-refractivity contribution >= 4 is 5.78 Å². The molecule has 68 valence electrons. The highest BCUT2D eigenvalue weighted by Gasteiger charge is 2.31. The van der Waals surface area contributed by atoms with Crippen LogP contribution in [-0.4, -0.2) is 18.5 Å². The van der Waals surface area contributed by atoms with E-state index < -0.39 is 6.10 Å². The van der Waals surface area contributed by atoms with Crippen molar-refractivity contribution in [3.05, 3.63) is 11.6 Å². The minimum atomic E-state index is -0.489. The first kappa shape index (κ1) is 8.90. The molecule has 1 aliphatic heterocycles. The molecule has 1 rings (SSSR count). The van der Waals surface area contributed by atoms with E-state index in [0.717, 1.165) is 6.42 Å². The number of ether oxygens (including phenoxy) is 2. The largest absolute Gasteiger partial charge is 0.485 e. The van der Waals surface area contributed by atoms with Gasteiger partial charge in [0, 0.05) is 0 Å². The Bertz CT molecular complexity index is 222. The smallest absolute Gasteiger partial charge is 0.243 e. The molecule has 0 amide bonds. The van der Waals surface area contributed by atoms with Crippen molar-refractivity contribution in [2.45, 2.75) is 26.4 Å². The van der Waals surface area contributed by atoms with Crippen LogP contribution in [0.4, 0.5) is 0 Å². The number of carbonyl (C=O) groups is 1. The molecular formula is C8H13NO3. The van der Waals surface area contributed by atoms with Gasteiger partial charge in [0.15, 0.2) is 6.10 Å². The van der Waals surface area contributed by atoms with Gasteiger partial charge in [0.1, 0.15) is 0 Å². The van der Waals surface area contributed by atoms with Crippen LogP contribution in [0.1, 0.15) is 20.3 Å². The Morgan fingerprint density at radius 1 is 1.67 bits per heavy atom. The number of nitrogens with two attached hydrogens (primary N) is 1. The molecule has 0 saturated carbocycles. The summed E-state index contributed by atoms with van der Waals surface area (Å²) in [5, 5.41) is 0. The number of carbonyl (C=O) groups excluding carboxylic acids is 1. The van der Waals surface area contributed by atoms with Crippen LogP contribution in [0.15, 0.2) is 11.6 Å². The van der Waals surface area contributed by atoms with Crippen molar-refractivity contribution in [2.75, 3.05) is 6.61 Å². The summed E-state index contributed by atoms with van der Waals surface area (Å²) in [6.07, 6.45) is 0.357. The van der Waals surface area contributed by atoms with Crippen molar-refractivity contribution < 1.29 is 14.3 Å². The fourth-order valence-electron chi connectivity index (χ4n) is 0.950. The van der Waals surface area contributed by atoms with Gasteiger partial charge < -0.3 is 15.2 Å². The van der Waals surface area contributed by atoms with E-state index >= 15 is 0 Å². The van der Waals surface area contributed by atoms with Gasteiger partial charge in [-0.1, -0.05) is 6.92 Å². The van der Waals surface area contributed by atoms with E-state index in [1.807, 2.05) is 6.92 Å². The molecule has 1 heterocycles. The third-order valence-electron chi connectivity index (χ3n) is 1.57. The average molecular weight is 171 g/mol. The lowest BCUT2D eigenvalue weighted by Gasteiger charge is -2.01. The van der Waals surface area contributed by atoms with Gasteiger partial charge in [-0.2, -0.15) is 0 Å². The third-order valence-corrected chi connectivity index (χ3v) is 1.57. The molecule has 0 spiro atoms. The van der Waals surface area contributed by atoms with Gasteiger partial charge in [0.05, 0.1) is 6.61 Å². The Hall–Kier alpha value is -1.19. The first-order chi connectivity index (χ1) is 5.66. The molecule has 4 nitrogen and oxygen atoms in total. The summed E-state index contributed by atoms with van der Waals surface area (Å²) in [5.41, 5.74) is 5.41. The number of ketones is 1. The molecule has 0 bridgehead atoms. The zero-order chi connectivity index (χ0) is 9.14. The molecule has 0 fully saturated rings. The maximum atomic E-state index is 11.2. The molecule has 1 aliphatic rings. The fraction of sp³-hybridized carbons (Fsp3) is 0.625. The predicted octanol–water partition coefficient (Wildman–Crippen LogP) is 0.529. The lowest BCUT2D eigenvalue weighted by molar-refractivity contribution is -0.123. The lowest BCUT2D eigenvalue weighted by Crippen LogP contribution is -2.14. The lowest BCUT2D eigenvalue weighted by atomic mass is 10.2. The van der Waals surface area contributed by atoms with E-state index in [1.54, 1.807) is 6.92 Å². The predicted molar refractivity (Wildman–Crippen MR) is 43.0 cm³/mol. The molecular weight excluding hydrogens is 158 g/mol. The van der Waals surface area contributed by atoms with Gasteiger partial charge in [0.2, 0.25) is 17.4 Å². The molecule has 1 unspecified atom stereocenters. The molecule has 0 aromatic carbocycles.